The molecule has 2 heterocycles. The Kier molecular flexibility index (Phi) is 4.16. The number of hydrazone groups is 1. The molecule has 0 radical (unpaired) electrons. The summed E-state index contributed by atoms with van der Waals surface area (Å²) in [7, 11) is 0. The third-order valence-electron chi connectivity index (χ3n) is 4.40. The van der Waals surface area contributed by atoms with Crippen LogP contribution in [0, 0.1) is 0 Å². The molecule has 1 aliphatic rings. The molecule has 2 aromatic carbocycles. The number of oxazole rings is 1. The zero-order valence-corrected chi connectivity index (χ0v) is 14.8. The van der Waals surface area contributed by atoms with E-state index in [0.29, 0.717) is 17.1 Å². The van der Waals surface area contributed by atoms with Crippen molar-refractivity contribution in [3.05, 3.63) is 53.9 Å². The van der Waals surface area contributed by atoms with Gasteiger partial charge in [-0.25, -0.2) is 4.98 Å². The standard InChI is InChI=1S/C20H20N4O2/c1-3-19-22-17-12-15(6-9-18(17)26-19)21-20(25)14-4-7-16(8-5-14)24-11-10-13(2)23-24/h4-9,12H,3,10-11H2,1-2H3,(H,21,25). The number of nitrogens with zero attached hydrogens (tertiary/aromatic N) is 3. The maximum atomic E-state index is 12.5. The molecule has 0 bridgehead atoms. The maximum absolute atomic E-state index is 12.5. The van der Waals surface area contributed by atoms with Crippen LogP contribution in [0.5, 0.6) is 0 Å². The number of fused-ring (bicyclic) bond motifs is 1. The summed E-state index contributed by atoms with van der Waals surface area (Å²) in [6, 6.07) is 13.0. The van der Waals surface area contributed by atoms with Crippen LogP contribution in [0.3, 0.4) is 0 Å². The SMILES string of the molecule is CCc1nc2cc(NC(=O)c3ccc(N4CCC(C)=N4)cc3)ccc2o1. The van der Waals surface area contributed by atoms with Crippen molar-refractivity contribution in [1.29, 1.82) is 0 Å². The van der Waals surface area contributed by atoms with Crippen molar-refractivity contribution in [3.63, 3.8) is 0 Å². The first-order valence-electron chi connectivity index (χ1n) is 8.75. The van der Waals surface area contributed by atoms with Gasteiger partial charge in [0.15, 0.2) is 11.5 Å². The number of anilines is 2. The number of carbonyl (C=O) groups excluding carboxylic acids is 1. The fraction of sp³-hybridized carbons (Fsp3) is 0.250. The van der Waals surface area contributed by atoms with Crippen molar-refractivity contribution in [2.75, 3.05) is 16.9 Å². The van der Waals surface area contributed by atoms with Gasteiger partial charge in [0.25, 0.3) is 5.91 Å². The number of aryl methyl sites for hydroxylation is 1. The molecule has 4 rings (SSSR count). The molecule has 132 valence electrons. The molecule has 6 nitrogen and oxygen atoms in total. The van der Waals surface area contributed by atoms with Gasteiger partial charge in [-0.3, -0.25) is 9.80 Å². The fourth-order valence-electron chi connectivity index (χ4n) is 2.95. The quantitative estimate of drug-likeness (QED) is 0.766. The largest absolute Gasteiger partial charge is 0.441 e. The lowest BCUT2D eigenvalue weighted by atomic mass is 10.2. The first-order chi connectivity index (χ1) is 12.6. The Morgan fingerprint density at radius 2 is 2.04 bits per heavy atom. The highest BCUT2D eigenvalue weighted by Gasteiger charge is 2.14. The number of carbonyl (C=O) groups is 1. The van der Waals surface area contributed by atoms with Crippen LogP contribution in [0.15, 0.2) is 52.0 Å². The van der Waals surface area contributed by atoms with Crippen LogP contribution in [0.2, 0.25) is 0 Å². The summed E-state index contributed by atoms with van der Waals surface area (Å²) in [5.41, 5.74) is 4.89. The molecule has 0 fully saturated rings. The summed E-state index contributed by atoms with van der Waals surface area (Å²) in [5.74, 6) is 0.537. The Balaban J connectivity index is 1.49. The third-order valence-corrected chi connectivity index (χ3v) is 4.40. The van der Waals surface area contributed by atoms with Gasteiger partial charge >= 0.3 is 0 Å². The van der Waals surface area contributed by atoms with Crippen LogP contribution in [0.4, 0.5) is 11.4 Å². The summed E-state index contributed by atoms with van der Waals surface area (Å²) < 4.78 is 5.59. The minimum absolute atomic E-state index is 0.156. The predicted octanol–water partition coefficient (Wildman–Crippen LogP) is 4.23. The number of benzene rings is 2. The van der Waals surface area contributed by atoms with E-state index in [1.165, 1.54) is 0 Å². The minimum Gasteiger partial charge on any atom is -0.441 e. The van der Waals surface area contributed by atoms with Crippen LogP contribution < -0.4 is 10.3 Å². The molecule has 0 atom stereocenters. The normalized spacial score (nSPS) is 13.9. The monoisotopic (exact) mass is 348 g/mol. The topological polar surface area (TPSA) is 70.7 Å². The average molecular weight is 348 g/mol. The molecular weight excluding hydrogens is 328 g/mol. The Hall–Kier alpha value is -3.15. The zero-order chi connectivity index (χ0) is 18.1. The number of amides is 1. The first kappa shape index (κ1) is 16.3. The van der Waals surface area contributed by atoms with Crippen molar-refractivity contribution >= 4 is 34.1 Å². The van der Waals surface area contributed by atoms with Gasteiger partial charge in [0.05, 0.1) is 5.69 Å². The van der Waals surface area contributed by atoms with Gasteiger partial charge < -0.3 is 9.73 Å². The van der Waals surface area contributed by atoms with Gasteiger partial charge in [0.2, 0.25) is 0 Å². The van der Waals surface area contributed by atoms with Gasteiger partial charge in [-0.1, -0.05) is 6.92 Å². The van der Waals surface area contributed by atoms with Crippen LogP contribution in [0.25, 0.3) is 11.1 Å². The van der Waals surface area contributed by atoms with Gasteiger partial charge in [0.1, 0.15) is 5.52 Å². The fourth-order valence-corrected chi connectivity index (χ4v) is 2.95. The molecule has 0 spiro atoms. The minimum atomic E-state index is -0.156. The number of aromatic nitrogens is 1. The molecule has 6 heteroatoms. The smallest absolute Gasteiger partial charge is 0.255 e. The molecule has 0 saturated heterocycles. The molecule has 0 aliphatic carbocycles. The second-order valence-corrected chi connectivity index (χ2v) is 6.35. The molecule has 1 aliphatic heterocycles. The number of hydrogen-bond donors (Lipinski definition) is 1. The van der Waals surface area contributed by atoms with E-state index >= 15 is 0 Å². The summed E-state index contributed by atoms with van der Waals surface area (Å²) in [4.78, 5) is 16.9. The van der Waals surface area contributed by atoms with E-state index in [0.717, 1.165) is 41.9 Å². The maximum Gasteiger partial charge on any atom is 0.255 e. The molecule has 0 unspecified atom stereocenters. The first-order valence-corrected chi connectivity index (χ1v) is 8.75. The summed E-state index contributed by atoms with van der Waals surface area (Å²) in [6.07, 6.45) is 1.72. The third kappa shape index (κ3) is 3.18. The highest BCUT2D eigenvalue weighted by molar-refractivity contribution is 6.05. The van der Waals surface area contributed by atoms with Gasteiger partial charge in [-0.2, -0.15) is 5.10 Å². The van der Waals surface area contributed by atoms with Crippen LogP contribution in [-0.2, 0) is 6.42 Å². The van der Waals surface area contributed by atoms with Crippen molar-refractivity contribution in [1.82, 2.24) is 4.98 Å². The number of nitrogens with one attached hydrogen (secondary N) is 1. The predicted molar refractivity (Wildman–Crippen MR) is 103 cm³/mol. The number of hydrogen-bond acceptors (Lipinski definition) is 5. The van der Waals surface area contributed by atoms with E-state index in [9.17, 15) is 4.79 Å². The van der Waals surface area contributed by atoms with E-state index in [4.69, 9.17) is 4.42 Å². The summed E-state index contributed by atoms with van der Waals surface area (Å²) in [6.45, 7) is 4.90. The Labute approximate surface area is 151 Å². The Morgan fingerprint density at radius 1 is 1.23 bits per heavy atom. The van der Waals surface area contributed by atoms with Crippen LogP contribution in [0.1, 0.15) is 36.5 Å². The average Bonchev–Trinajstić information content (AvgIpc) is 3.27. The summed E-state index contributed by atoms with van der Waals surface area (Å²) >= 11 is 0. The lowest BCUT2D eigenvalue weighted by Gasteiger charge is -2.14. The Morgan fingerprint density at radius 3 is 2.73 bits per heavy atom. The van der Waals surface area contributed by atoms with Crippen molar-refractivity contribution in [2.24, 2.45) is 5.10 Å². The molecule has 1 amide bonds. The van der Waals surface area contributed by atoms with Gasteiger partial charge in [-0.05, 0) is 49.4 Å². The lowest BCUT2D eigenvalue weighted by Crippen LogP contribution is -2.14. The second-order valence-electron chi connectivity index (χ2n) is 6.35. The highest BCUT2D eigenvalue weighted by Crippen LogP contribution is 2.22. The zero-order valence-electron chi connectivity index (χ0n) is 14.8. The van der Waals surface area contributed by atoms with E-state index in [-0.39, 0.29) is 5.91 Å². The molecule has 3 aromatic rings. The van der Waals surface area contributed by atoms with Gasteiger partial charge in [-0.15, -0.1) is 0 Å². The van der Waals surface area contributed by atoms with Crippen molar-refractivity contribution in [3.8, 4) is 0 Å². The lowest BCUT2D eigenvalue weighted by molar-refractivity contribution is 0.102. The van der Waals surface area contributed by atoms with E-state index in [1.54, 1.807) is 0 Å². The van der Waals surface area contributed by atoms with E-state index in [1.807, 2.05) is 61.3 Å². The summed E-state index contributed by atoms with van der Waals surface area (Å²) in [5, 5.41) is 9.34. The molecule has 1 aromatic heterocycles. The molecular formula is C20H20N4O2. The van der Waals surface area contributed by atoms with E-state index in [2.05, 4.69) is 15.4 Å². The highest BCUT2D eigenvalue weighted by atomic mass is 16.3. The Bertz CT molecular complexity index is 989. The second kappa shape index (κ2) is 6.63. The molecule has 26 heavy (non-hydrogen) atoms. The van der Waals surface area contributed by atoms with Crippen LogP contribution in [-0.4, -0.2) is 23.1 Å². The molecule has 0 saturated carbocycles. The van der Waals surface area contributed by atoms with Crippen molar-refractivity contribution < 1.29 is 9.21 Å². The number of rotatable bonds is 4. The van der Waals surface area contributed by atoms with Gasteiger partial charge in [0, 0.05) is 36.3 Å². The van der Waals surface area contributed by atoms with E-state index < -0.39 is 0 Å². The molecule has 1 N–H and O–H groups in total. The van der Waals surface area contributed by atoms with Crippen molar-refractivity contribution in [2.45, 2.75) is 26.7 Å². The van der Waals surface area contributed by atoms with Crippen LogP contribution >= 0.6 is 0 Å².